The Kier molecular flexibility index (Phi) is 8.64. The predicted octanol–water partition coefficient (Wildman–Crippen LogP) is 6.64. The molecule has 0 aliphatic rings. The SMILES string of the molecule is CC(C)CCCCCC(Cc1ccc(F)cc1)CC(C)C. The standard InChI is InChI=1S/C20H33F/c1-16(2)8-6-5-7-9-19(14-17(3)4)15-18-10-12-20(21)13-11-18/h10-13,16-17,19H,5-9,14-15H2,1-4H3. The molecule has 0 radical (unpaired) electrons. The van der Waals surface area contributed by atoms with Gasteiger partial charge in [-0.25, -0.2) is 4.39 Å². The number of hydrogen-bond donors (Lipinski definition) is 0. The molecule has 120 valence electrons. The lowest BCUT2D eigenvalue weighted by atomic mass is 9.86. The van der Waals surface area contributed by atoms with Crippen molar-refractivity contribution >= 4 is 0 Å². The van der Waals surface area contributed by atoms with Crippen molar-refractivity contribution in [1.29, 1.82) is 0 Å². The van der Waals surface area contributed by atoms with Gasteiger partial charge in [0.2, 0.25) is 0 Å². The highest BCUT2D eigenvalue weighted by molar-refractivity contribution is 5.16. The summed E-state index contributed by atoms with van der Waals surface area (Å²) in [4.78, 5) is 0. The lowest BCUT2D eigenvalue weighted by Crippen LogP contribution is -2.08. The fraction of sp³-hybridized carbons (Fsp3) is 0.700. The van der Waals surface area contributed by atoms with Crippen LogP contribution in [-0.2, 0) is 6.42 Å². The van der Waals surface area contributed by atoms with E-state index in [0.717, 1.165) is 24.2 Å². The fourth-order valence-electron chi connectivity index (χ4n) is 3.09. The predicted molar refractivity (Wildman–Crippen MR) is 91.0 cm³/mol. The van der Waals surface area contributed by atoms with E-state index >= 15 is 0 Å². The average molecular weight is 292 g/mol. The molecule has 1 rings (SSSR count). The Morgan fingerprint density at radius 2 is 1.43 bits per heavy atom. The third-order valence-electron chi connectivity index (χ3n) is 4.14. The number of unbranched alkanes of at least 4 members (excludes halogenated alkanes) is 2. The minimum absolute atomic E-state index is 0.132. The topological polar surface area (TPSA) is 0 Å². The molecule has 1 unspecified atom stereocenters. The van der Waals surface area contributed by atoms with Gasteiger partial charge < -0.3 is 0 Å². The van der Waals surface area contributed by atoms with E-state index in [1.165, 1.54) is 44.1 Å². The van der Waals surface area contributed by atoms with E-state index < -0.39 is 0 Å². The van der Waals surface area contributed by atoms with Crippen LogP contribution in [-0.4, -0.2) is 0 Å². The zero-order chi connectivity index (χ0) is 15.7. The summed E-state index contributed by atoms with van der Waals surface area (Å²) in [6.07, 6.45) is 9.11. The van der Waals surface area contributed by atoms with Crippen molar-refractivity contribution in [3.05, 3.63) is 35.6 Å². The van der Waals surface area contributed by atoms with Crippen molar-refractivity contribution in [3.63, 3.8) is 0 Å². The first-order valence-electron chi connectivity index (χ1n) is 8.71. The van der Waals surface area contributed by atoms with Gasteiger partial charge in [-0.1, -0.05) is 71.9 Å². The number of rotatable bonds is 10. The van der Waals surface area contributed by atoms with Gasteiger partial charge in [-0.05, 0) is 48.3 Å². The zero-order valence-corrected chi connectivity index (χ0v) is 14.4. The molecule has 0 saturated carbocycles. The molecule has 0 heterocycles. The van der Waals surface area contributed by atoms with Crippen LogP contribution in [0.25, 0.3) is 0 Å². The van der Waals surface area contributed by atoms with E-state index in [0.29, 0.717) is 0 Å². The lowest BCUT2D eigenvalue weighted by molar-refractivity contribution is 0.366. The van der Waals surface area contributed by atoms with Crippen molar-refractivity contribution in [1.82, 2.24) is 0 Å². The largest absolute Gasteiger partial charge is 0.207 e. The van der Waals surface area contributed by atoms with Gasteiger partial charge in [0.1, 0.15) is 5.82 Å². The summed E-state index contributed by atoms with van der Waals surface area (Å²) in [6, 6.07) is 7.07. The maximum absolute atomic E-state index is 13.0. The molecule has 0 aromatic heterocycles. The molecule has 1 heteroatoms. The van der Waals surface area contributed by atoms with E-state index in [1.54, 1.807) is 12.1 Å². The quantitative estimate of drug-likeness (QED) is 0.424. The average Bonchev–Trinajstić information content (AvgIpc) is 2.40. The number of halogens is 1. The Labute approximate surface area is 131 Å². The van der Waals surface area contributed by atoms with Crippen LogP contribution in [0.15, 0.2) is 24.3 Å². The van der Waals surface area contributed by atoms with Crippen LogP contribution >= 0.6 is 0 Å². The van der Waals surface area contributed by atoms with Crippen molar-refractivity contribution in [2.75, 3.05) is 0 Å². The first kappa shape index (κ1) is 18.2. The van der Waals surface area contributed by atoms with Crippen molar-refractivity contribution < 1.29 is 4.39 Å². The van der Waals surface area contributed by atoms with Gasteiger partial charge in [0.05, 0.1) is 0 Å². The van der Waals surface area contributed by atoms with Gasteiger partial charge in [0.15, 0.2) is 0 Å². The van der Waals surface area contributed by atoms with Crippen molar-refractivity contribution in [2.45, 2.75) is 72.6 Å². The molecule has 0 saturated heterocycles. The number of benzene rings is 1. The zero-order valence-electron chi connectivity index (χ0n) is 14.4. The van der Waals surface area contributed by atoms with Crippen LogP contribution in [0.5, 0.6) is 0 Å². The highest BCUT2D eigenvalue weighted by Gasteiger charge is 2.12. The van der Waals surface area contributed by atoms with Crippen LogP contribution in [0.3, 0.4) is 0 Å². The summed E-state index contributed by atoms with van der Waals surface area (Å²) in [5.41, 5.74) is 1.28. The minimum atomic E-state index is -0.132. The Morgan fingerprint density at radius 1 is 0.810 bits per heavy atom. The van der Waals surface area contributed by atoms with Gasteiger partial charge in [-0.2, -0.15) is 0 Å². The first-order valence-corrected chi connectivity index (χ1v) is 8.71. The van der Waals surface area contributed by atoms with Gasteiger partial charge in [-0.3, -0.25) is 0 Å². The maximum atomic E-state index is 13.0. The molecule has 0 nitrogen and oxygen atoms in total. The molecular weight excluding hydrogens is 259 g/mol. The fourth-order valence-corrected chi connectivity index (χ4v) is 3.09. The van der Waals surface area contributed by atoms with Crippen LogP contribution in [0.4, 0.5) is 4.39 Å². The maximum Gasteiger partial charge on any atom is 0.123 e. The molecule has 0 fully saturated rings. The molecule has 1 aromatic rings. The molecule has 0 spiro atoms. The third-order valence-corrected chi connectivity index (χ3v) is 4.14. The van der Waals surface area contributed by atoms with Gasteiger partial charge in [0, 0.05) is 0 Å². The first-order chi connectivity index (χ1) is 9.97. The van der Waals surface area contributed by atoms with E-state index in [4.69, 9.17) is 0 Å². The van der Waals surface area contributed by atoms with Crippen LogP contribution in [0.1, 0.15) is 71.8 Å². The Balaban J connectivity index is 2.38. The van der Waals surface area contributed by atoms with Crippen LogP contribution < -0.4 is 0 Å². The Morgan fingerprint density at radius 3 is 2.00 bits per heavy atom. The second-order valence-corrected chi connectivity index (χ2v) is 7.36. The molecular formula is C20H33F. The highest BCUT2D eigenvalue weighted by atomic mass is 19.1. The normalized spacial score (nSPS) is 13.1. The Bertz CT molecular complexity index is 364. The van der Waals surface area contributed by atoms with Gasteiger partial charge in [-0.15, -0.1) is 0 Å². The Hall–Kier alpha value is -0.850. The van der Waals surface area contributed by atoms with Crippen LogP contribution in [0.2, 0.25) is 0 Å². The molecule has 0 aliphatic carbocycles. The highest BCUT2D eigenvalue weighted by Crippen LogP contribution is 2.24. The summed E-state index contributed by atoms with van der Waals surface area (Å²) in [6.45, 7) is 9.21. The van der Waals surface area contributed by atoms with Crippen molar-refractivity contribution in [2.24, 2.45) is 17.8 Å². The monoisotopic (exact) mass is 292 g/mol. The van der Waals surface area contributed by atoms with E-state index in [2.05, 4.69) is 27.7 Å². The van der Waals surface area contributed by atoms with Gasteiger partial charge >= 0.3 is 0 Å². The molecule has 1 aromatic carbocycles. The molecule has 0 aliphatic heterocycles. The lowest BCUT2D eigenvalue weighted by Gasteiger charge is -2.19. The van der Waals surface area contributed by atoms with Crippen LogP contribution in [0, 0.1) is 23.6 Å². The summed E-state index contributed by atoms with van der Waals surface area (Å²) in [5, 5.41) is 0. The molecule has 0 amide bonds. The molecule has 0 bridgehead atoms. The minimum Gasteiger partial charge on any atom is -0.207 e. The van der Waals surface area contributed by atoms with Crippen molar-refractivity contribution in [3.8, 4) is 0 Å². The summed E-state index contributed by atoms with van der Waals surface area (Å²) >= 11 is 0. The second kappa shape index (κ2) is 9.97. The number of hydrogen-bond acceptors (Lipinski definition) is 0. The second-order valence-electron chi connectivity index (χ2n) is 7.36. The molecule has 0 N–H and O–H groups in total. The summed E-state index contributed by atoms with van der Waals surface area (Å²) in [7, 11) is 0. The summed E-state index contributed by atoms with van der Waals surface area (Å²) < 4.78 is 13.0. The molecule has 1 atom stereocenters. The van der Waals surface area contributed by atoms with Gasteiger partial charge in [0.25, 0.3) is 0 Å². The summed E-state index contributed by atoms with van der Waals surface area (Å²) in [5.74, 6) is 2.18. The third kappa shape index (κ3) is 8.90. The van der Waals surface area contributed by atoms with E-state index in [1.807, 2.05) is 12.1 Å². The van der Waals surface area contributed by atoms with E-state index in [-0.39, 0.29) is 5.82 Å². The molecule has 21 heavy (non-hydrogen) atoms. The van der Waals surface area contributed by atoms with E-state index in [9.17, 15) is 4.39 Å². The smallest absolute Gasteiger partial charge is 0.123 e.